The molecule has 5 heteroatoms. The summed E-state index contributed by atoms with van der Waals surface area (Å²) in [6, 6.07) is 17.7. The van der Waals surface area contributed by atoms with E-state index in [1.54, 1.807) is 4.40 Å². The topological polar surface area (TPSA) is 78.1 Å². The fraction of sp³-hybridized carbons (Fsp3) is 0.0500. The van der Waals surface area contributed by atoms with Gasteiger partial charge in [0, 0.05) is 5.39 Å². The fourth-order valence-corrected chi connectivity index (χ4v) is 3.34. The molecule has 0 aliphatic rings. The van der Waals surface area contributed by atoms with Gasteiger partial charge in [-0.05, 0) is 36.8 Å². The van der Waals surface area contributed by atoms with Crippen molar-refractivity contribution in [1.82, 2.24) is 9.38 Å². The van der Waals surface area contributed by atoms with Gasteiger partial charge in [-0.3, -0.25) is 9.81 Å². The van der Waals surface area contributed by atoms with Gasteiger partial charge < -0.3 is 4.42 Å². The molecule has 118 valence electrons. The Morgan fingerprint density at radius 3 is 2.84 bits per heavy atom. The number of nitriles is 1. The van der Waals surface area contributed by atoms with Crippen molar-refractivity contribution in [2.24, 2.45) is 0 Å². The number of rotatable bonds is 0. The zero-order valence-corrected chi connectivity index (χ0v) is 13.4. The number of hydrogen-bond acceptors (Lipinski definition) is 4. The lowest BCUT2D eigenvalue weighted by Gasteiger charge is -2.07. The second kappa shape index (κ2) is 4.68. The number of nitrogens with one attached hydrogen (secondary N) is 1. The maximum atomic E-state index is 9.65. The van der Waals surface area contributed by atoms with E-state index in [0.29, 0.717) is 16.8 Å². The summed E-state index contributed by atoms with van der Waals surface area (Å²) >= 11 is 0. The smallest absolute Gasteiger partial charge is 0.159 e. The molecular formula is C20H12N4O. The highest BCUT2D eigenvalue weighted by molar-refractivity contribution is 6.02. The van der Waals surface area contributed by atoms with Crippen LogP contribution in [-0.4, -0.2) is 9.38 Å². The molecule has 0 atom stereocenters. The van der Waals surface area contributed by atoms with Crippen LogP contribution >= 0.6 is 0 Å². The highest BCUT2D eigenvalue weighted by atomic mass is 16.3. The van der Waals surface area contributed by atoms with Gasteiger partial charge in [0.05, 0.1) is 16.4 Å². The first-order valence-electron chi connectivity index (χ1n) is 7.89. The lowest BCUT2D eigenvalue weighted by Crippen LogP contribution is -2.16. The monoisotopic (exact) mass is 324 g/mol. The van der Waals surface area contributed by atoms with E-state index in [9.17, 15) is 5.26 Å². The minimum Gasteiger partial charge on any atom is -0.454 e. The number of para-hydroxylation sites is 2. The lowest BCUT2D eigenvalue weighted by atomic mass is 10.1. The first kappa shape index (κ1) is 13.8. The SMILES string of the molecule is Cc1ccc2cc3c(oc2c1)c(C#N)c(=N)n1c2ccccc2nc31. The van der Waals surface area contributed by atoms with E-state index < -0.39 is 0 Å². The first-order chi connectivity index (χ1) is 12.2. The Morgan fingerprint density at radius 1 is 1.16 bits per heavy atom. The Bertz CT molecular complexity index is 1430. The van der Waals surface area contributed by atoms with Gasteiger partial charge in [0.2, 0.25) is 0 Å². The molecule has 0 amide bonds. The third-order valence-electron chi connectivity index (χ3n) is 4.53. The summed E-state index contributed by atoms with van der Waals surface area (Å²) in [5, 5.41) is 19.8. The van der Waals surface area contributed by atoms with Crippen molar-refractivity contribution in [2.45, 2.75) is 6.92 Å². The Kier molecular flexibility index (Phi) is 2.58. The maximum Gasteiger partial charge on any atom is 0.159 e. The number of fused-ring (bicyclic) bond motifs is 6. The Hall–Kier alpha value is -3.65. The van der Waals surface area contributed by atoms with Crippen LogP contribution < -0.4 is 5.49 Å². The van der Waals surface area contributed by atoms with Crippen LogP contribution in [0.5, 0.6) is 0 Å². The molecule has 3 aromatic heterocycles. The molecule has 0 aliphatic carbocycles. The van der Waals surface area contributed by atoms with Crippen molar-refractivity contribution in [3.63, 3.8) is 0 Å². The first-order valence-corrected chi connectivity index (χ1v) is 7.89. The molecule has 2 aromatic carbocycles. The van der Waals surface area contributed by atoms with Gasteiger partial charge in [0.15, 0.2) is 16.7 Å². The Morgan fingerprint density at radius 2 is 2.00 bits per heavy atom. The summed E-state index contributed by atoms with van der Waals surface area (Å²) in [5.41, 5.74) is 4.72. The third-order valence-corrected chi connectivity index (χ3v) is 4.53. The van der Waals surface area contributed by atoms with Crippen LogP contribution in [0.4, 0.5) is 0 Å². The molecule has 1 N–H and O–H groups in total. The van der Waals surface area contributed by atoms with Gasteiger partial charge in [-0.1, -0.05) is 24.3 Å². The van der Waals surface area contributed by atoms with Crippen LogP contribution in [0.25, 0.3) is 38.6 Å². The van der Waals surface area contributed by atoms with E-state index in [-0.39, 0.29) is 11.1 Å². The van der Waals surface area contributed by atoms with Gasteiger partial charge in [-0.15, -0.1) is 0 Å². The molecule has 5 nitrogen and oxygen atoms in total. The quantitative estimate of drug-likeness (QED) is 0.437. The summed E-state index contributed by atoms with van der Waals surface area (Å²) in [7, 11) is 0. The maximum absolute atomic E-state index is 9.65. The molecule has 0 unspecified atom stereocenters. The van der Waals surface area contributed by atoms with Crippen LogP contribution in [0.2, 0.25) is 0 Å². The molecule has 0 aliphatic heterocycles. The highest BCUT2D eigenvalue weighted by Gasteiger charge is 2.17. The molecule has 0 saturated heterocycles. The Labute approximate surface area is 141 Å². The van der Waals surface area contributed by atoms with Crippen LogP contribution in [0.1, 0.15) is 11.1 Å². The number of nitrogens with zero attached hydrogens (tertiary/aromatic N) is 3. The number of hydrogen-bond donors (Lipinski definition) is 1. The number of aromatic nitrogens is 2. The molecule has 0 spiro atoms. The highest BCUT2D eigenvalue weighted by Crippen LogP contribution is 2.29. The lowest BCUT2D eigenvalue weighted by molar-refractivity contribution is 0.657. The van der Waals surface area contributed by atoms with Crippen LogP contribution in [0.15, 0.2) is 52.9 Å². The van der Waals surface area contributed by atoms with Gasteiger partial charge in [0.25, 0.3) is 0 Å². The zero-order valence-electron chi connectivity index (χ0n) is 13.4. The average molecular weight is 324 g/mol. The summed E-state index contributed by atoms with van der Waals surface area (Å²) in [6.45, 7) is 1.99. The standard InChI is InChI=1S/C20H12N4O/c1-11-6-7-12-9-13-18(25-17(12)8-11)14(10-21)19(22)24-16-5-3-2-4-15(16)23-20(13)24/h2-9,22H,1H3. The summed E-state index contributed by atoms with van der Waals surface area (Å²) in [6.07, 6.45) is 0. The summed E-state index contributed by atoms with van der Waals surface area (Å²) in [4.78, 5) is 4.68. The van der Waals surface area contributed by atoms with Crippen LogP contribution in [0.3, 0.4) is 0 Å². The largest absolute Gasteiger partial charge is 0.454 e. The predicted octanol–water partition coefficient (Wildman–Crippen LogP) is 4.05. The van der Waals surface area contributed by atoms with E-state index in [1.807, 2.05) is 55.5 Å². The van der Waals surface area contributed by atoms with Crippen molar-refractivity contribution in [1.29, 1.82) is 10.7 Å². The molecule has 0 radical (unpaired) electrons. The average Bonchev–Trinajstić information content (AvgIpc) is 3.01. The van der Waals surface area contributed by atoms with Gasteiger partial charge in [-0.25, -0.2) is 4.98 Å². The number of pyridine rings is 1. The summed E-state index contributed by atoms with van der Waals surface area (Å²) in [5.74, 6) is 0. The molecule has 25 heavy (non-hydrogen) atoms. The normalized spacial score (nSPS) is 11.5. The van der Waals surface area contributed by atoms with E-state index in [4.69, 9.17) is 9.83 Å². The molecule has 5 rings (SSSR count). The van der Waals surface area contributed by atoms with Crippen molar-refractivity contribution in [3.8, 4) is 6.07 Å². The molecule has 0 fully saturated rings. The number of benzene rings is 2. The predicted molar refractivity (Wildman–Crippen MR) is 95.3 cm³/mol. The second-order valence-electron chi connectivity index (χ2n) is 6.13. The van der Waals surface area contributed by atoms with Gasteiger partial charge in [0.1, 0.15) is 17.2 Å². The summed E-state index contributed by atoms with van der Waals surface area (Å²) < 4.78 is 7.75. The van der Waals surface area contributed by atoms with Crippen LogP contribution in [0, 0.1) is 23.7 Å². The molecule has 5 aromatic rings. The Balaban J connectivity index is 2.13. The molecule has 0 bridgehead atoms. The number of imidazole rings is 1. The van der Waals surface area contributed by atoms with E-state index >= 15 is 0 Å². The van der Waals surface area contributed by atoms with Crippen LogP contribution in [-0.2, 0) is 0 Å². The van der Waals surface area contributed by atoms with Crippen molar-refractivity contribution < 1.29 is 4.42 Å². The number of aryl methyl sites for hydroxylation is 1. The minimum atomic E-state index is 0.0921. The van der Waals surface area contributed by atoms with E-state index in [0.717, 1.165) is 27.4 Å². The molecular weight excluding hydrogens is 312 g/mol. The third kappa shape index (κ3) is 1.76. The zero-order chi connectivity index (χ0) is 17.1. The van der Waals surface area contributed by atoms with Crippen molar-refractivity contribution in [2.75, 3.05) is 0 Å². The van der Waals surface area contributed by atoms with Crippen molar-refractivity contribution in [3.05, 3.63) is 65.1 Å². The van der Waals surface area contributed by atoms with Crippen molar-refractivity contribution >= 4 is 38.6 Å². The van der Waals surface area contributed by atoms with Gasteiger partial charge in [-0.2, -0.15) is 5.26 Å². The van der Waals surface area contributed by atoms with Gasteiger partial charge >= 0.3 is 0 Å². The van der Waals surface area contributed by atoms with E-state index in [2.05, 4.69) is 11.1 Å². The van der Waals surface area contributed by atoms with E-state index in [1.165, 1.54) is 0 Å². The minimum absolute atomic E-state index is 0.0921. The fourth-order valence-electron chi connectivity index (χ4n) is 3.34. The second-order valence-corrected chi connectivity index (χ2v) is 6.13. The molecule has 3 heterocycles. The molecule has 0 saturated carbocycles.